The molecule has 0 unspecified atom stereocenters. The van der Waals surface area contributed by atoms with Crippen LogP contribution in [0.5, 0.6) is 5.75 Å². The molecule has 0 radical (unpaired) electrons. The highest BCUT2D eigenvalue weighted by Crippen LogP contribution is 2.24. The minimum absolute atomic E-state index is 0.0255. The molecule has 1 aliphatic rings. The van der Waals surface area contributed by atoms with Crippen molar-refractivity contribution in [3.05, 3.63) is 154 Å². The van der Waals surface area contributed by atoms with Crippen molar-refractivity contribution in [3.8, 4) is 11.8 Å². The van der Waals surface area contributed by atoms with E-state index in [1.807, 2.05) is 19.9 Å². The number of aryl methyl sites for hydroxylation is 2. The monoisotopic (exact) mass is 989 g/mol. The Morgan fingerprint density at radius 3 is 1.41 bits per heavy atom. The van der Waals surface area contributed by atoms with Crippen molar-refractivity contribution in [3.63, 3.8) is 0 Å². The van der Waals surface area contributed by atoms with Crippen LogP contribution in [0.25, 0.3) is 5.53 Å². The average molecular weight is 991 g/mol. The van der Waals surface area contributed by atoms with Gasteiger partial charge in [0.15, 0.2) is 5.71 Å². The van der Waals surface area contributed by atoms with E-state index in [1.165, 1.54) is 55.6 Å². The first-order chi connectivity index (χ1) is 30.0. The van der Waals surface area contributed by atoms with Gasteiger partial charge in [-0.05, 0) is 111 Å². The van der Waals surface area contributed by atoms with Crippen molar-refractivity contribution in [1.29, 1.82) is 5.26 Å². The number of hydrogen-bond donors (Lipinski definition) is 0. The van der Waals surface area contributed by atoms with Gasteiger partial charge in [0.05, 0.1) is 21.8 Å². The molecule has 1 fully saturated rings. The molecule has 18 nitrogen and oxygen atoms in total. The van der Waals surface area contributed by atoms with Crippen LogP contribution in [0.3, 0.4) is 0 Å². The Kier molecular flexibility index (Phi) is 16.8. The highest BCUT2D eigenvalue weighted by atomic mass is 35.5. The van der Waals surface area contributed by atoms with Gasteiger partial charge in [0.2, 0.25) is 0 Å². The maximum atomic E-state index is 12.4. The zero-order chi connectivity index (χ0) is 47.5. The minimum Gasteiger partial charge on any atom is -0.497 e. The van der Waals surface area contributed by atoms with Gasteiger partial charge < -0.3 is 10.3 Å². The Balaban J connectivity index is 0.000000212. The van der Waals surface area contributed by atoms with Gasteiger partial charge in [-0.1, -0.05) is 63.7 Å². The number of rotatable bonds is 10. The fraction of sp³-hybridized carbons (Fsp3) is 0.125. The molecule has 2 amide bonds. The van der Waals surface area contributed by atoms with E-state index in [0.717, 1.165) is 35.4 Å². The van der Waals surface area contributed by atoms with Crippen LogP contribution in [0.15, 0.2) is 146 Å². The van der Waals surface area contributed by atoms with Crippen LogP contribution in [-0.4, -0.2) is 72.5 Å². The number of benzene rings is 5. The third-order valence-corrected chi connectivity index (χ3v) is 15.3. The largest absolute Gasteiger partial charge is 0.504 e. The molecule has 6 rings (SSSR count). The van der Waals surface area contributed by atoms with E-state index in [4.69, 9.17) is 38.7 Å². The van der Waals surface area contributed by atoms with E-state index in [2.05, 4.69) is 18.5 Å². The molecular weight excluding hydrogens is 958 g/mol. The van der Waals surface area contributed by atoms with Gasteiger partial charge in [-0.25, -0.2) is 16.8 Å². The molecule has 0 aliphatic carbocycles. The van der Waals surface area contributed by atoms with Crippen molar-refractivity contribution in [2.24, 2.45) is 5.16 Å². The Bertz CT molecular complexity index is 3010. The zero-order valence-corrected chi connectivity index (χ0v) is 38.2. The second-order valence-corrected chi connectivity index (χ2v) is 20.7. The second-order valence-electron chi connectivity index (χ2n) is 12.8. The van der Waals surface area contributed by atoms with Crippen LogP contribution < -0.4 is 4.74 Å². The number of carbonyl (C=O) groups is 2. The van der Waals surface area contributed by atoms with E-state index in [1.54, 1.807) is 48.5 Å². The number of sulfone groups is 2. The fourth-order valence-corrected chi connectivity index (χ4v) is 10.1. The predicted molar refractivity (Wildman–Crippen MR) is 231 cm³/mol. The molecule has 5 aromatic carbocycles. The standard InChI is InChI=1S/C16H14N2O4S.C13H8Cl2N2O4S2.C11H11NO5S/c1-12-3-9-15(10-4-12)23(19,20)22-18-16(11-17)13-5-7-14(21-2)8-6-13;14-9-1-5-11(6-2-9)22(18,19)13(17-16)23(20,21)12-7-3-10(15)4-8-12;1-8-2-4-9(5-3-8)18(15,16)17-12-10(13)6-7-11(12)14/h3-10H,1-2H3;1-8H;2-5H,6-7H2,1H3/b18-16+;;. The van der Waals surface area contributed by atoms with Crippen molar-refractivity contribution in [2.45, 2.75) is 46.3 Å². The van der Waals surface area contributed by atoms with Crippen LogP contribution in [0.1, 0.15) is 29.5 Å². The first-order valence-electron chi connectivity index (χ1n) is 17.8. The molecule has 1 aliphatic heterocycles. The van der Waals surface area contributed by atoms with Crippen LogP contribution >= 0.6 is 23.2 Å². The van der Waals surface area contributed by atoms with Crippen molar-refractivity contribution < 1.29 is 61.4 Å². The van der Waals surface area contributed by atoms with Gasteiger partial charge in [-0.2, -0.15) is 22.1 Å². The summed E-state index contributed by atoms with van der Waals surface area (Å²) in [4.78, 5) is 24.2. The summed E-state index contributed by atoms with van der Waals surface area (Å²) >= 11 is 11.3. The number of hydroxylamine groups is 2. The highest BCUT2D eigenvalue weighted by Gasteiger charge is 2.44. The summed E-state index contributed by atoms with van der Waals surface area (Å²) in [5, 5.41) is 13.4. The van der Waals surface area contributed by atoms with E-state index in [-0.39, 0.29) is 48.2 Å². The van der Waals surface area contributed by atoms with Crippen LogP contribution in [0, 0.1) is 25.2 Å². The Labute approximate surface area is 378 Å². The maximum absolute atomic E-state index is 12.4. The minimum atomic E-state index is -4.56. The molecule has 0 bridgehead atoms. The van der Waals surface area contributed by atoms with Gasteiger partial charge in [0, 0.05) is 28.5 Å². The van der Waals surface area contributed by atoms with Gasteiger partial charge in [-0.3, -0.25) is 13.9 Å². The van der Waals surface area contributed by atoms with Crippen LogP contribution in [0.4, 0.5) is 0 Å². The number of nitrogens with zero attached hydrogens (tertiary/aromatic N) is 5. The predicted octanol–water partition coefficient (Wildman–Crippen LogP) is 6.23. The fourth-order valence-electron chi connectivity index (χ4n) is 4.89. The molecule has 0 aromatic heterocycles. The van der Waals surface area contributed by atoms with Gasteiger partial charge in [-0.15, -0.1) is 14.1 Å². The van der Waals surface area contributed by atoms with Gasteiger partial charge >= 0.3 is 24.6 Å². The lowest BCUT2D eigenvalue weighted by Gasteiger charge is -2.12. The van der Waals surface area contributed by atoms with E-state index in [9.17, 15) is 43.3 Å². The summed E-state index contributed by atoms with van der Waals surface area (Å²) in [6, 6.07) is 29.8. The number of methoxy groups -OCH3 is 1. The molecule has 0 spiro atoms. The number of amides is 2. The summed E-state index contributed by atoms with van der Waals surface area (Å²) in [7, 11) is -15.8. The normalized spacial score (nSPS) is 13.0. The topological polar surface area (TPSA) is 274 Å². The lowest BCUT2D eigenvalue weighted by molar-refractivity contribution is -0.163. The van der Waals surface area contributed by atoms with Gasteiger partial charge in [0.1, 0.15) is 16.7 Å². The number of halogens is 2. The zero-order valence-electron chi connectivity index (χ0n) is 33.4. The number of nitriles is 1. The van der Waals surface area contributed by atoms with E-state index < -0.39 is 56.1 Å². The SMILES string of the molecule is COc1ccc(/C(C#N)=N/OS(=O)(=O)c2ccc(C)cc2)cc1.Cc1ccc(S(=O)(=O)ON2C(=O)CCC2=O)cc1.[N-]=[N+]=C(S(=O)(=O)c1ccc(Cl)cc1)S(=O)(=O)c1ccc(Cl)cc1. The van der Waals surface area contributed by atoms with Crippen LogP contribution in [0.2, 0.25) is 10.0 Å². The summed E-state index contributed by atoms with van der Waals surface area (Å²) in [5.41, 5.74) is 11.1. The molecule has 64 heavy (non-hydrogen) atoms. The van der Waals surface area contributed by atoms with Crippen LogP contribution in [-0.2, 0) is 58.1 Å². The molecule has 0 N–H and O–H groups in total. The van der Waals surface area contributed by atoms with Crippen molar-refractivity contribution in [2.75, 3.05) is 7.11 Å². The lowest BCUT2D eigenvalue weighted by atomic mass is 10.1. The highest BCUT2D eigenvalue weighted by molar-refractivity contribution is 8.31. The molecule has 334 valence electrons. The first-order valence-corrected chi connectivity index (χ1v) is 24.3. The summed E-state index contributed by atoms with van der Waals surface area (Å²) < 4.78 is 110. The summed E-state index contributed by atoms with van der Waals surface area (Å²) in [5.74, 6) is -0.675. The summed E-state index contributed by atoms with van der Waals surface area (Å²) in [6.45, 7) is 3.65. The molecular formula is C40H33Cl2N5O13S4. The number of oxime groups is 1. The second kappa shape index (κ2) is 21.4. The maximum Gasteiger partial charge on any atom is 0.504 e. The third-order valence-electron chi connectivity index (χ3n) is 8.28. The van der Waals surface area contributed by atoms with E-state index >= 15 is 0 Å². The quantitative estimate of drug-likeness (QED) is 0.0375. The summed E-state index contributed by atoms with van der Waals surface area (Å²) in [6.07, 6.45) is -0.0511. The van der Waals surface area contributed by atoms with Crippen molar-refractivity contribution >= 4 is 85.0 Å². The lowest BCUT2D eigenvalue weighted by Crippen LogP contribution is -2.32. The molecule has 24 heteroatoms. The molecule has 1 heterocycles. The third kappa shape index (κ3) is 12.9. The Morgan fingerprint density at radius 1 is 0.641 bits per heavy atom. The van der Waals surface area contributed by atoms with Crippen molar-refractivity contribution in [1.82, 2.24) is 5.06 Å². The number of carbonyl (C=O) groups excluding carboxylic acids is 2. The number of hydrogen-bond acceptors (Lipinski definition) is 15. The van der Waals surface area contributed by atoms with Gasteiger partial charge in [0.25, 0.3) is 31.5 Å². The average Bonchev–Trinajstić information content (AvgIpc) is 3.57. The smallest absolute Gasteiger partial charge is 0.497 e. The molecule has 1 saturated heterocycles. The number of imide groups is 1. The molecule has 0 atom stereocenters. The Hall–Kier alpha value is -6.28. The first kappa shape index (κ1) is 50.4. The number of ether oxygens (including phenoxy) is 1. The van der Waals surface area contributed by atoms with E-state index in [0.29, 0.717) is 16.4 Å². The molecule has 5 aromatic rings. The Morgan fingerprint density at radius 2 is 1.03 bits per heavy atom. The molecule has 0 saturated carbocycles.